The first-order valence-corrected chi connectivity index (χ1v) is 9.85. The van der Waals surface area contributed by atoms with E-state index in [0.717, 1.165) is 5.39 Å². The second-order valence-electron chi connectivity index (χ2n) is 7.12. The molecule has 1 heterocycles. The minimum absolute atomic E-state index is 0.0322. The van der Waals surface area contributed by atoms with E-state index < -0.39 is 24.0 Å². The summed E-state index contributed by atoms with van der Waals surface area (Å²) < 4.78 is 16.6. The summed E-state index contributed by atoms with van der Waals surface area (Å²) in [5, 5.41) is 5.40. The highest BCUT2D eigenvalue weighted by Crippen LogP contribution is 2.28. The summed E-state index contributed by atoms with van der Waals surface area (Å²) >= 11 is 0. The molecule has 0 spiro atoms. The van der Waals surface area contributed by atoms with E-state index in [1.54, 1.807) is 42.5 Å². The number of furan rings is 1. The van der Waals surface area contributed by atoms with Crippen molar-refractivity contribution in [2.45, 2.75) is 39.6 Å². The molecule has 3 amide bonds. The second kappa shape index (κ2) is 9.90. The molecule has 31 heavy (non-hydrogen) atoms. The molecule has 1 unspecified atom stereocenters. The van der Waals surface area contributed by atoms with Gasteiger partial charge in [-0.05, 0) is 39.0 Å². The summed E-state index contributed by atoms with van der Waals surface area (Å²) in [5.74, 6) is -1.61. The molecule has 162 valence electrons. The maximum atomic E-state index is 12.7. The lowest BCUT2D eigenvalue weighted by atomic mass is 10.1. The molecule has 0 radical (unpaired) electrons. The highest BCUT2D eigenvalue weighted by Gasteiger charge is 2.26. The van der Waals surface area contributed by atoms with Crippen molar-refractivity contribution in [2.24, 2.45) is 0 Å². The smallest absolute Gasteiger partial charge is 0.375 e. The van der Waals surface area contributed by atoms with Crippen LogP contribution in [0, 0.1) is 0 Å². The number of carbonyl (C=O) groups is 3. The van der Waals surface area contributed by atoms with Crippen LogP contribution in [0.2, 0.25) is 0 Å². The minimum Gasteiger partial charge on any atom is -0.449 e. The number of para-hydroxylation sites is 2. The van der Waals surface area contributed by atoms with Crippen LogP contribution in [0.15, 0.2) is 59.0 Å². The number of carbonyl (C=O) groups excluding carboxylic acids is 3. The molecule has 1 atom stereocenters. The highest BCUT2D eigenvalue weighted by atomic mass is 16.6. The molecule has 3 aromatic rings. The number of urea groups is 1. The van der Waals surface area contributed by atoms with Crippen molar-refractivity contribution in [3.8, 4) is 0 Å². The zero-order valence-corrected chi connectivity index (χ0v) is 17.5. The number of rotatable bonds is 7. The quantitative estimate of drug-likeness (QED) is 0.549. The van der Waals surface area contributed by atoms with E-state index in [9.17, 15) is 14.4 Å². The normalized spacial score (nSPS) is 11.9. The van der Waals surface area contributed by atoms with E-state index in [-0.39, 0.29) is 18.5 Å². The zero-order chi connectivity index (χ0) is 22.4. The van der Waals surface area contributed by atoms with Crippen LogP contribution < -0.4 is 10.6 Å². The van der Waals surface area contributed by atoms with Crippen molar-refractivity contribution >= 4 is 34.6 Å². The largest absolute Gasteiger partial charge is 0.449 e. The third-order valence-corrected chi connectivity index (χ3v) is 4.37. The fourth-order valence-electron chi connectivity index (χ4n) is 2.82. The Hall–Kier alpha value is -3.65. The van der Waals surface area contributed by atoms with Crippen molar-refractivity contribution in [1.29, 1.82) is 0 Å². The van der Waals surface area contributed by atoms with Gasteiger partial charge in [0.15, 0.2) is 6.10 Å². The van der Waals surface area contributed by atoms with Gasteiger partial charge in [0.1, 0.15) is 5.58 Å². The Balaban J connectivity index is 1.67. The van der Waals surface area contributed by atoms with Crippen LogP contribution in [0.1, 0.15) is 36.9 Å². The number of hydrogen-bond donors (Lipinski definition) is 2. The maximum absolute atomic E-state index is 12.7. The minimum atomic E-state index is -1.22. The van der Waals surface area contributed by atoms with Crippen molar-refractivity contribution < 1.29 is 28.3 Å². The molecule has 0 bridgehead atoms. The molecule has 0 aliphatic rings. The van der Waals surface area contributed by atoms with E-state index >= 15 is 0 Å². The van der Waals surface area contributed by atoms with Crippen LogP contribution in [-0.2, 0) is 20.9 Å². The predicted octanol–water partition coefficient (Wildman–Crippen LogP) is 4.25. The standard InChI is InChI=1S/C23H24N2O6/c1-14(2)29-13-18-17-11-7-8-12-19(17)31-20(18)22(27)30-15(3)21(26)25-23(28)24-16-9-5-4-6-10-16/h4-12,14-15H,13H2,1-3H3,(H2,24,25,26,28). The molecule has 1 aromatic heterocycles. The first-order chi connectivity index (χ1) is 14.8. The molecule has 0 aliphatic heterocycles. The molecule has 0 saturated heterocycles. The SMILES string of the molecule is CC(C)OCc1c(C(=O)OC(C)C(=O)NC(=O)Nc2ccccc2)oc2ccccc12. The number of imide groups is 1. The molecular formula is C23H24N2O6. The molecule has 8 heteroatoms. The van der Waals surface area contributed by atoms with E-state index in [2.05, 4.69) is 10.6 Å². The summed E-state index contributed by atoms with van der Waals surface area (Å²) in [4.78, 5) is 37.0. The van der Waals surface area contributed by atoms with Gasteiger partial charge >= 0.3 is 12.0 Å². The first kappa shape index (κ1) is 22.0. The first-order valence-electron chi connectivity index (χ1n) is 9.85. The van der Waals surface area contributed by atoms with Crippen molar-refractivity contribution in [3.63, 3.8) is 0 Å². The van der Waals surface area contributed by atoms with Gasteiger partial charge in [0.2, 0.25) is 5.76 Å². The average Bonchev–Trinajstić information content (AvgIpc) is 3.11. The zero-order valence-electron chi connectivity index (χ0n) is 17.5. The Labute approximate surface area is 179 Å². The molecular weight excluding hydrogens is 400 g/mol. The lowest BCUT2D eigenvalue weighted by molar-refractivity contribution is -0.127. The summed E-state index contributed by atoms with van der Waals surface area (Å²) in [5.41, 5.74) is 1.58. The summed E-state index contributed by atoms with van der Waals surface area (Å²) in [6.07, 6.45) is -1.27. The summed E-state index contributed by atoms with van der Waals surface area (Å²) in [7, 11) is 0. The number of benzene rings is 2. The Morgan fingerprint density at radius 1 is 0.968 bits per heavy atom. The molecule has 0 aliphatic carbocycles. The monoisotopic (exact) mass is 424 g/mol. The van der Waals surface area contributed by atoms with Gasteiger partial charge in [-0.1, -0.05) is 36.4 Å². The number of anilines is 1. The third-order valence-electron chi connectivity index (χ3n) is 4.37. The van der Waals surface area contributed by atoms with Crippen LogP contribution in [0.4, 0.5) is 10.5 Å². The summed E-state index contributed by atoms with van der Waals surface area (Å²) in [6, 6.07) is 15.1. The molecule has 2 N–H and O–H groups in total. The molecule has 3 rings (SSSR count). The number of fused-ring (bicyclic) bond motifs is 1. The van der Waals surface area contributed by atoms with Crippen molar-refractivity contribution in [2.75, 3.05) is 5.32 Å². The maximum Gasteiger partial charge on any atom is 0.375 e. The number of esters is 1. The van der Waals surface area contributed by atoms with Crippen LogP contribution in [-0.4, -0.2) is 30.1 Å². The van der Waals surface area contributed by atoms with Gasteiger partial charge in [0, 0.05) is 16.6 Å². The van der Waals surface area contributed by atoms with Gasteiger partial charge in [-0.3, -0.25) is 10.1 Å². The van der Waals surface area contributed by atoms with Crippen molar-refractivity contribution in [3.05, 3.63) is 65.9 Å². The van der Waals surface area contributed by atoms with E-state index in [4.69, 9.17) is 13.9 Å². The van der Waals surface area contributed by atoms with Gasteiger partial charge < -0.3 is 19.2 Å². The lowest BCUT2D eigenvalue weighted by Crippen LogP contribution is -2.41. The molecule has 2 aromatic carbocycles. The van der Waals surface area contributed by atoms with E-state index in [1.807, 2.05) is 26.0 Å². The highest BCUT2D eigenvalue weighted by molar-refractivity contribution is 6.03. The van der Waals surface area contributed by atoms with Gasteiger partial charge in [0.05, 0.1) is 12.7 Å². The number of amides is 3. The number of nitrogens with one attached hydrogen (secondary N) is 2. The molecule has 0 saturated carbocycles. The van der Waals surface area contributed by atoms with Gasteiger partial charge in [-0.15, -0.1) is 0 Å². The van der Waals surface area contributed by atoms with Crippen LogP contribution >= 0.6 is 0 Å². The Morgan fingerprint density at radius 2 is 1.65 bits per heavy atom. The predicted molar refractivity (Wildman–Crippen MR) is 115 cm³/mol. The van der Waals surface area contributed by atoms with Crippen LogP contribution in [0.5, 0.6) is 0 Å². The second-order valence-corrected chi connectivity index (χ2v) is 7.12. The topological polar surface area (TPSA) is 107 Å². The molecule has 0 fully saturated rings. The Bertz CT molecular complexity index is 1070. The van der Waals surface area contributed by atoms with Gasteiger partial charge in [-0.2, -0.15) is 0 Å². The summed E-state index contributed by atoms with van der Waals surface area (Å²) in [6.45, 7) is 5.29. The average molecular weight is 424 g/mol. The lowest BCUT2D eigenvalue weighted by Gasteiger charge is -2.13. The number of hydrogen-bond acceptors (Lipinski definition) is 6. The van der Waals surface area contributed by atoms with Crippen molar-refractivity contribution in [1.82, 2.24) is 5.32 Å². The van der Waals surface area contributed by atoms with Gasteiger partial charge in [-0.25, -0.2) is 9.59 Å². The van der Waals surface area contributed by atoms with Crippen LogP contribution in [0.25, 0.3) is 11.0 Å². The van der Waals surface area contributed by atoms with Crippen LogP contribution in [0.3, 0.4) is 0 Å². The fourth-order valence-corrected chi connectivity index (χ4v) is 2.82. The van der Waals surface area contributed by atoms with E-state index in [1.165, 1.54) is 6.92 Å². The van der Waals surface area contributed by atoms with E-state index in [0.29, 0.717) is 16.8 Å². The Kier molecular flexibility index (Phi) is 7.04. The Morgan fingerprint density at radius 3 is 2.35 bits per heavy atom. The molecule has 8 nitrogen and oxygen atoms in total. The number of ether oxygens (including phenoxy) is 2. The van der Waals surface area contributed by atoms with Gasteiger partial charge in [0.25, 0.3) is 5.91 Å². The third kappa shape index (κ3) is 5.70. The fraction of sp³-hybridized carbons (Fsp3) is 0.261.